The van der Waals surface area contributed by atoms with E-state index in [1.165, 1.54) is 12.8 Å². The number of likely N-dealkylation sites (tertiary alicyclic amines) is 1. The Morgan fingerprint density at radius 1 is 1.36 bits per heavy atom. The molecule has 2 heterocycles. The molecule has 1 saturated heterocycles. The highest BCUT2D eigenvalue weighted by Gasteiger charge is 2.22. The first-order valence-electron chi connectivity index (χ1n) is 10.7. The number of amides is 1. The van der Waals surface area contributed by atoms with Gasteiger partial charge in [-0.25, -0.2) is 0 Å². The van der Waals surface area contributed by atoms with Crippen LogP contribution in [-0.4, -0.2) is 41.1 Å². The average molecular weight is 385 g/mol. The predicted octanol–water partition coefficient (Wildman–Crippen LogP) is 4.05. The lowest BCUT2D eigenvalue weighted by atomic mass is 10.0. The highest BCUT2D eigenvalue weighted by molar-refractivity contribution is 6.02. The zero-order valence-electron chi connectivity index (χ0n) is 18.2. The molecule has 0 aromatic carbocycles. The molecule has 5 heteroatoms. The van der Waals surface area contributed by atoms with Crippen molar-refractivity contribution in [1.82, 2.24) is 14.8 Å². The van der Waals surface area contributed by atoms with Crippen molar-refractivity contribution in [3.05, 3.63) is 28.6 Å². The molecule has 0 spiro atoms. The maximum atomic E-state index is 12.7. The van der Waals surface area contributed by atoms with Gasteiger partial charge in [-0.3, -0.25) is 4.79 Å². The van der Waals surface area contributed by atoms with E-state index < -0.39 is 0 Å². The van der Waals surface area contributed by atoms with Crippen LogP contribution in [0.4, 0.5) is 0 Å². The van der Waals surface area contributed by atoms with Gasteiger partial charge >= 0.3 is 0 Å². The Morgan fingerprint density at radius 3 is 2.61 bits per heavy atom. The lowest BCUT2D eigenvalue weighted by Crippen LogP contribution is -2.45. The van der Waals surface area contributed by atoms with Crippen LogP contribution < -0.4 is 5.32 Å². The van der Waals surface area contributed by atoms with Gasteiger partial charge in [-0.2, -0.15) is 5.26 Å². The molecular formula is C23H36N4O. The largest absolute Gasteiger partial charge is 0.349 e. The minimum atomic E-state index is -0.247. The number of hydrogen-bond acceptors (Lipinski definition) is 3. The third-order valence-electron chi connectivity index (χ3n) is 5.58. The monoisotopic (exact) mass is 384 g/mol. The Labute approximate surface area is 170 Å². The zero-order valence-corrected chi connectivity index (χ0v) is 18.2. The lowest BCUT2D eigenvalue weighted by Gasteiger charge is -2.32. The highest BCUT2D eigenvalue weighted by Crippen LogP contribution is 2.20. The first kappa shape index (κ1) is 22.2. The van der Waals surface area contributed by atoms with Crippen LogP contribution in [0.1, 0.15) is 63.4 Å². The highest BCUT2D eigenvalue weighted by atomic mass is 16.1. The van der Waals surface area contributed by atoms with Crippen molar-refractivity contribution in [2.45, 2.75) is 72.9 Å². The number of aromatic nitrogens is 1. The van der Waals surface area contributed by atoms with Gasteiger partial charge in [0.1, 0.15) is 11.6 Å². The molecule has 154 valence electrons. The van der Waals surface area contributed by atoms with Crippen LogP contribution >= 0.6 is 0 Å². The van der Waals surface area contributed by atoms with E-state index in [2.05, 4.69) is 61.5 Å². The third-order valence-corrected chi connectivity index (χ3v) is 5.58. The summed E-state index contributed by atoms with van der Waals surface area (Å²) in [5.74, 6) is 0.298. The Hall–Kier alpha value is -2.06. The molecule has 0 bridgehead atoms. The van der Waals surface area contributed by atoms with E-state index in [-0.39, 0.29) is 17.5 Å². The quantitative estimate of drug-likeness (QED) is 0.543. The molecule has 0 aliphatic carbocycles. The van der Waals surface area contributed by atoms with Gasteiger partial charge in [0.25, 0.3) is 5.91 Å². The summed E-state index contributed by atoms with van der Waals surface area (Å²) in [6.07, 6.45) is 6.09. The minimum Gasteiger partial charge on any atom is -0.349 e. The van der Waals surface area contributed by atoms with Gasteiger partial charge in [0.15, 0.2) is 0 Å². The molecule has 0 atom stereocenters. The molecule has 1 aliphatic heterocycles. The van der Waals surface area contributed by atoms with Gasteiger partial charge in [0, 0.05) is 37.1 Å². The second kappa shape index (κ2) is 10.5. The standard InChI is InChI=1S/C23H36N4O/c1-6-7-10-26-11-8-22(9-12-26)25-23(28)21(15-24)14-20-13-18(4)27(19(20)5)16-17(2)3/h13-14,17,22H,6-12,16H2,1-5H3,(H,25,28)/b21-14+. The van der Waals surface area contributed by atoms with Gasteiger partial charge in [-0.1, -0.05) is 27.2 Å². The van der Waals surface area contributed by atoms with E-state index in [1.807, 2.05) is 0 Å². The second-order valence-electron chi connectivity index (χ2n) is 8.44. The number of aryl methyl sites for hydroxylation is 1. The van der Waals surface area contributed by atoms with Crippen molar-refractivity contribution < 1.29 is 4.79 Å². The summed E-state index contributed by atoms with van der Waals surface area (Å²) in [7, 11) is 0. The molecule has 5 nitrogen and oxygen atoms in total. The molecule has 0 unspecified atom stereocenters. The van der Waals surface area contributed by atoms with Gasteiger partial charge in [-0.15, -0.1) is 0 Å². The molecule has 1 aromatic heterocycles. The predicted molar refractivity (Wildman–Crippen MR) is 115 cm³/mol. The summed E-state index contributed by atoms with van der Waals surface area (Å²) >= 11 is 0. The summed E-state index contributed by atoms with van der Waals surface area (Å²) in [5, 5.41) is 12.6. The normalized spacial score (nSPS) is 16.4. The number of nitrogens with zero attached hydrogens (tertiary/aromatic N) is 3. The van der Waals surface area contributed by atoms with E-state index in [4.69, 9.17) is 0 Å². The summed E-state index contributed by atoms with van der Waals surface area (Å²) in [4.78, 5) is 15.1. The van der Waals surface area contributed by atoms with Crippen LogP contribution in [0.15, 0.2) is 11.6 Å². The molecule has 1 aromatic rings. The maximum absolute atomic E-state index is 12.7. The van der Waals surface area contributed by atoms with Crippen LogP contribution in [0.3, 0.4) is 0 Å². The molecule has 1 fully saturated rings. The van der Waals surface area contributed by atoms with Gasteiger partial charge in [-0.05, 0) is 63.3 Å². The molecule has 2 rings (SSSR count). The van der Waals surface area contributed by atoms with Crippen molar-refractivity contribution in [3.63, 3.8) is 0 Å². The topological polar surface area (TPSA) is 61.1 Å². The zero-order chi connectivity index (χ0) is 20.7. The maximum Gasteiger partial charge on any atom is 0.262 e. The van der Waals surface area contributed by atoms with Crippen molar-refractivity contribution in [2.75, 3.05) is 19.6 Å². The fourth-order valence-corrected chi connectivity index (χ4v) is 3.87. The summed E-state index contributed by atoms with van der Waals surface area (Å²) in [6, 6.07) is 4.33. The van der Waals surface area contributed by atoms with E-state index in [9.17, 15) is 10.1 Å². The van der Waals surface area contributed by atoms with Gasteiger partial charge in [0.05, 0.1) is 0 Å². The van der Waals surface area contributed by atoms with Crippen molar-refractivity contribution in [1.29, 1.82) is 5.26 Å². The van der Waals surface area contributed by atoms with Crippen molar-refractivity contribution in [2.24, 2.45) is 5.92 Å². The number of carbonyl (C=O) groups excluding carboxylic acids is 1. The SMILES string of the molecule is CCCCN1CCC(NC(=O)/C(C#N)=C/c2cc(C)n(CC(C)C)c2C)CC1. The Morgan fingerprint density at radius 2 is 2.04 bits per heavy atom. The van der Waals surface area contributed by atoms with Crippen LogP contribution in [0.2, 0.25) is 0 Å². The smallest absolute Gasteiger partial charge is 0.262 e. The molecular weight excluding hydrogens is 348 g/mol. The number of hydrogen-bond donors (Lipinski definition) is 1. The van der Waals surface area contributed by atoms with Crippen LogP contribution in [0.25, 0.3) is 6.08 Å². The van der Waals surface area contributed by atoms with Crippen LogP contribution in [0, 0.1) is 31.1 Å². The van der Waals surface area contributed by atoms with E-state index in [0.717, 1.165) is 56.0 Å². The van der Waals surface area contributed by atoms with E-state index in [1.54, 1.807) is 6.08 Å². The van der Waals surface area contributed by atoms with Gasteiger partial charge in [0.2, 0.25) is 0 Å². The number of piperidine rings is 1. The lowest BCUT2D eigenvalue weighted by molar-refractivity contribution is -0.118. The van der Waals surface area contributed by atoms with Crippen molar-refractivity contribution >= 4 is 12.0 Å². The summed E-state index contributed by atoms with van der Waals surface area (Å²) in [6.45, 7) is 14.9. The second-order valence-corrected chi connectivity index (χ2v) is 8.44. The summed E-state index contributed by atoms with van der Waals surface area (Å²) in [5.41, 5.74) is 3.42. The molecule has 28 heavy (non-hydrogen) atoms. The van der Waals surface area contributed by atoms with E-state index >= 15 is 0 Å². The third kappa shape index (κ3) is 5.97. The van der Waals surface area contributed by atoms with Crippen molar-refractivity contribution in [3.8, 4) is 6.07 Å². The number of nitrogens with one attached hydrogen (secondary N) is 1. The Balaban J connectivity index is 2.02. The fourth-order valence-electron chi connectivity index (χ4n) is 3.87. The molecule has 0 saturated carbocycles. The number of nitriles is 1. The molecule has 0 radical (unpaired) electrons. The molecule has 1 aliphatic rings. The fraction of sp³-hybridized carbons (Fsp3) is 0.652. The first-order valence-corrected chi connectivity index (χ1v) is 10.7. The van der Waals surface area contributed by atoms with Crippen LogP contribution in [0.5, 0.6) is 0 Å². The molecule has 1 amide bonds. The summed E-state index contributed by atoms with van der Waals surface area (Å²) < 4.78 is 2.26. The number of carbonyl (C=O) groups is 1. The van der Waals surface area contributed by atoms with Gasteiger partial charge < -0.3 is 14.8 Å². The van der Waals surface area contributed by atoms with Crippen LogP contribution in [-0.2, 0) is 11.3 Å². The number of rotatable bonds is 8. The minimum absolute atomic E-state index is 0.162. The van der Waals surface area contributed by atoms with E-state index in [0.29, 0.717) is 5.92 Å². The average Bonchev–Trinajstić information content (AvgIpc) is 2.92. The molecule has 1 N–H and O–H groups in total. The first-order chi connectivity index (χ1) is 13.3. The number of unbranched alkanes of at least 4 members (excludes halogenated alkanes) is 1. The Bertz CT molecular complexity index is 731. The Kier molecular flexibility index (Phi) is 8.32.